The first-order valence-electron chi connectivity index (χ1n) is 5.61. The summed E-state index contributed by atoms with van der Waals surface area (Å²) in [7, 11) is 0. The fraction of sp³-hybridized carbons (Fsp3) is 0.154. The Hall–Kier alpha value is -2.14. The summed E-state index contributed by atoms with van der Waals surface area (Å²) in [5.74, 6) is -0.740. The molecular formula is C13H12ClN3O2. The van der Waals surface area contributed by atoms with Gasteiger partial charge in [-0.05, 0) is 24.6 Å². The van der Waals surface area contributed by atoms with Gasteiger partial charge in [-0.3, -0.25) is 4.98 Å². The third kappa shape index (κ3) is 3.00. The van der Waals surface area contributed by atoms with Crippen molar-refractivity contribution in [3.63, 3.8) is 0 Å². The lowest BCUT2D eigenvalue weighted by atomic mass is 10.2. The summed E-state index contributed by atoms with van der Waals surface area (Å²) in [6, 6.07) is 5.17. The lowest BCUT2D eigenvalue weighted by molar-refractivity contribution is 0.0697. The van der Waals surface area contributed by atoms with Crippen LogP contribution in [0.4, 0.5) is 5.82 Å². The monoisotopic (exact) mass is 277 g/mol. The molecule has 98 valence electrons. The number of carbonyl (C=O) groups is 1. The number of hydrogen-bond acceptors (Lipinski definition) is 4. The van der Waals surface area contributed by atoms with E-state index in [1.54, 1.807) is 6.20 Å². The molecule has 2 rings (SSSR count). The Morgan fingerprint density at radius 3 is 2.84 bits per heavy atom. The van der Waals surface area contributed by atoms with Gasteiger partial charge in [-0.25, -0.2) is 9.78 Å². The zero-order valence-electron chi connectivity index (χ0n) is 10.2. The molecule has 0 aliphatic carbocycles. The lowest BCUT2D eigenvalue weighted by Gasteiger charge is -2.09. The van der Waals surface area contributed by atoms with Gasteiger partial charge >= 0.3 is 5.97 Å². The number of hydrogen-bond donors (Lipinski definition) is 2. The minimum Gasteiger partial charge on any atom is -0.478 e. The highest BCUT2D eigenvalue weighted by Crippen LogP contribution is 2.24. The van der Waals surface area contributed by atoms with Crippen LogP contribution in [0.25, 0.3) is 0 Å². The second-order valence-electron chi connectivity index (χ2n) is 3.95. The highest BCUT2D eigenvalue weighted by atomic mass is 35.5. The number of nitrogens with zero attached hydrogens (tertiary/aromatic N) is 2. The maximum Gasteiger partial charge on any atom is 0.337 e. The number of halogens is 1. The smallest absolute Gasteiger partial charge is 0.337 e. The highest BCUT2D eigenvalue weighted by molar-refractivity contribution is 6.35. The standard InChI is InChI=1S/C13H12ClN3O2/c1-8-3-2-5-15-10(8)7-17-12-11(14)9(13(18)19)4-6-16-12/h2-6H,7H2,1H3,(H,16,17)(H,18,19). The zero-order chi connectivity index (χ0) is 13.8. The van der Waals surface area contributed by atoms with E-state index in [2.05, 4.69) is 15.3 Å². The molecule has 0 aromatic carbocycles. The molecule has 0 atom stereocenters. The van der Waals surface area contributed by atoms with E-state index in [4.69, 9.17) is 16.7 Å². The van der Waals surface area contributed by atoms with Gasteiger partial charge < -0.3 is 10.4 Å². The molecule has 0 saturated heterocycles. The fourth-order valence-corrected chi connectivity index (χ4v) is 1.86. The maximum absolute atomic E-state index is 10.9. The topological polar surface area (TPSA) is 75.1 Å². The van der Waals surface area contributed by atoms with Crippen LogP contribution in [0, 0.1) is 6.92 Å². The van der Waals surface area contributed by atoms with E-state index in [0.29, 0.717) is 12.4 Å². The largest absolute Gasteiger partial charge is 0.478 e. The fourth-order valence-electron chi connectivity index (χ4n) is 1.60. The van der Waals surface area contributed by atoms with E-state index in [0.717, 1.165) is 11.3 Å². The van der Waals surface area contributed by atoms with Crippen molar-refractivity contribution in [2.45, 2.75) is 13.5 Å². The van der Waals surface area contributed by atoms with Gasteiger partial charge in [-0.1, -0.05) is 17.7 Å². The van der Waals surface area contributed by atoms with Gasteiger partial charge in [0.05, 0.1) is 22.8 Å². The molecule has 2 N–H and O–H groups in total. The summed E-state index contributed by atoms with van der Waals surface area (Å²) < 4.78 is 0. The molecular weight excluding hydrogens is 266 g/mol. The van der Waals surface area contributed by atoms with Crippen LogP contribution in [-0.2, 0) is 6.54 Å². The molecule has 2 aromatic heterocycles. The molecule has 0 bridgehead atoms. The minimum absolute atomic E-state index is 0.0249. The number of aryl methyl sites for hydroxylation is 1. The van der Waals surface area contributed by atoms with Crippen molar-refractivity contribution in [3.8, 4) is 0 Å². The van der Waals surface area contributed by atoms with E-state index >= 15 is 0 Å². The van der Waals surface area contributed by atoms with Gasteiger partial charge in [0.25, 0.3) is 0 Å². The van der Waals surface area contributed by atoms with Gasteiger partial charge in [0, 0.05) is 12.4 Å². The summed E-state index contributed by atoms with van der Waals surface area (Å²) in [6.07, 6.45) is 3.11. The Morgan fingerprint density at radius 1 is 1.37 bits per heavy atom. The first kappa shape index (κ1) is 13.3. The Balaban J connectivity index is 2.19. The van der Waals surface area contributed by atoms with E-state index in [-0.39, 0.29) is 10.6 Å². The maximum atomic E-state index is 10.9. The van der Waals surface area contributed by atoms with Crippen molar-refractivity contribution < 1.29 is 9.90 Å². The third-order valence-corrected chi connectivity index (χ3v) is 3.04. The number of pyridine rings is 2. The molecule has 19 heavy (non-hydrogen) atoms. The van der Waals surface area contributed by atoms with Crippen LogP contribution < -0.4 is 5.32 Å². The van der Waals surface area contributed by atoms with Gasteiger partial charge in [-0.15, -0.1) is 0 Å². The number of anilines is 1. The van der Waals surface area contributed by atoms with E-state index in [1.807, 2.05) is 19.1 Å². The van der Waals surface area contributed by atoms with Crippen LogP contribution in [-0.4, -0.2) is 21.0 Å². The normalized spacial score (nSPS) is 10.2. The van der Waals surface area contributed by atoms with Crippen molar-refractivity contribution >= 4 is 23.4 Å². The SMILES string of the molecule is Cc1cccnc1CNc1nccc(C(=O)O)c1Cl. The Labute approximate surface area is 115 Å². The van der Waals surface area contributed by atoms with Crippen LogP contribution in [0.5, 0.6) is 0 Å². The molecule has 0 amide bonds. The summed E-state index contributed by atoms with van der Waals surface area (Å²) in [6.45, 7) is 2.38. The number of carboxylic acids is 1. The van der Waals surface area contributed by atoms with Crippen LogP contribution >= 0.6 is 11.6 Å². The second kappa shape index (κ2) is 5.67. The van der Waals surface area contributed by atoms with Gasteiger partial charge in [-0.2, -0.15) is 0 Å². The van der Waals surface area contributed by atoms with Crippen LogP contribution in [0.2, 0.25) is 5.02 Å². The molecule has 2 heterocycles. The third-order valence-electron chi connectivity index (χ3n) is 2.66. The number of rotatable bonds is 4. The van der Waals surface area contributed by atoms with E-state index in [1.165, 1.54) is 12.3 Å². The lowest BCUT2D eigenvalue weighted by Crippen LogP contribution is -2.07. The number of aromatic carboxylic acids is 1. The summed E-state index contributed by atoms with van der Waals surface area (Å²) in [5.41, 5.74) is 1.93. The molecule has 0 aliphatic heterocycles. The van der Waals surface area contributed by atoms with Crippen molar-refractivity contribution in [1.82, 2.24) is 9.97 Å². The molecule has 0 spiro atoms. The number of nitrogens with one attached hydrogen (secondary N) is 1. The Bertz CT molecular complexity index is 617. The number of carboxylic acid groups (broad SMARTS) is 1. The zero-order valence-corrected chi connectivity index (χ0v) is 11.0. The highest BCUT2D eigenvalue weighted by Gasteiger charge is 2.13. The van der Waals surface area contributed by atoms with Crippen LogP contribution in [0.1, 0.15) is 21.6 Å². The summed E-state index contributed by atoms with van der Waals surface area (Å²) in [4.78, 5) is 19.2. The second-order valence-corrected chi connectivity index (χ2v) is 4.32. The molecule has 5 nitrogen and oxygen atoms in total. The van der Waals surface area contributed by atoms with Crippen molar-refractivity contribution in [1.29, 1.82) is 0 Å². The first-order valence-corrected chi connectivity index (χ1v) is 5.99. The van der Waals surface area contributed by atoms with Gasteiger partial charge in [0.15, 0.2) is 0 Å². The number of aromatic nitrogens is 2. The van der Waals surface area contributed by atoms with Crippen molar-refractivity contribution in [3.05, 3.63) is 52.4 Å². The van der Waals surface area contributed by atoms with Crippen molar-refractivity contribution in [2.75, 3.05) is 5.32 Å². The molecule has 0 fully saturated rings. The van der Waals surface area contributed by atoms with E-state index < -0.39 is 5.97 Å². The average Bonchev–Trinajstić information content (AvgIpc) is 2.39. The quantitative estimate of drug-likeness (QED) is 0.899. The van der Waals surface area contributed by atoms with Crippen molar-refractivity contribution in [2.24, 2.45) is 0 Å². The molecule has 0 saturated carbocycles. The molecule has 0 unspecified atom stereocenters. The molecule has 2 aromatic rings. The molecule has 6 heteroatoms. The van der Waals surface area contributed by atoms with E-state index in [9.17, 15) is 4.79 Å². The van der Waals surface area contributed by atoms with Gasteiger partial charge in [0.1, 0.15) is 5.82 Å². The Kier molecular flexibility index (Phi) is 3.97. The van der Waals surface area contributed by atoms with Gasteiger partial charge in [0.2, 0.25) is 0 Å². The van der Waals surface area contributed by atoms with Crippen LogP contribution in [0.3, 0.4) is 0 Å². The first-order chi connectivity index (χ1) is 9.09. The molecule has 0 aliphatic rings. The average molecular weight is 278 g/mol. The van der Waals surface area contributed by atoms with Crippen LogP contribution in [0.15, 0.2) is 30.6 Å². The minimum atomic E-state index is -1.08. The Morgan fingerprint density at radius 2 is 2.16 bits per heavy atom. The molecule has 0 radical (unpaired) electrons. The predicted molar refractivity (Wildman–Crippen MR) is 72.5 cm³/mol. The summed E-state index contributed by atoms with van der Waals surface area (Å²) in [5, 5.41) is 12.1. The predicted octanol–water partition coefficient (Wildman–Crippen LogP) is 2.75. The summed E-state index contributed by atoms with van der Waals surface area (Å²) >= 11 is 5.98.